The topological polar surface area (TPSA) is 55.0 Å². The number of ether oxygens (including phenoxy) is 1. The van der Waals surface area contributed by atoms with Gasteiger partial charge in [-0.1, -0.05) is 0 Å². The third kappa shape index (κ3) is 2.96. The standard InChI is InChI=1S/C7H10N2O2S/c1-12-4-7(10)11-3-6-2-8-5-9-6/h2,5H,3-4H2,1H3,(H,8,9). The molecule has 0 radical (unpaired) electrons. The first-order valence-electron chi connectivity index (χ1n) is 3.45. The van der Waals surface area contributed by atoms with Gasteiger partial charge in [0.05, 0.1) is 17.8 Å². The lowest BCUT2D eigenvalue weighted by Crippen LogP contribution is -2.06. The summed E-state index contributed by atoms with van der Waals surface area (Å²) in [6, 6.07) is 0. The second kappa shape index (κ2) is 4.82. The molecule has 1 aromatic heterocycles. The Morgan fingerprint density at radius 3 is 3.25 bits per heavy atom. The fraction of sp³-hybridized carbons (Fsp3) is 0.429. The van der Waals surface area contributed by atoms with Gasteiger partial charge in [-0.2, -0.15) is 11.8 Å². The Labute approximate surface area is 74.7 Å². The van der Waals surface area contributed by atoms with E-state index in [1.165, 1.54) is 11.8 Å². The van der Waals surface area contributed by atoms with Gasteiger partial charge in [-0.05, 0) is 6.26 Å². The van der Waals surface area contributed by atoms with Crippen LogP contribution in [0, 0.1) is 0 Å². The van der Waals surface area contributed by atoms with Crippen molar-refractivity contribution in [3.8, 4) is 0 Å². The van der Waals surface area contributed by atoms with Crippen LogP contribution in [0.15, 0.2) is 12.5 Å². The van der Waals surface area contributed by atoms with Gasteiger partial charge in [0.15, 0.2) is 0 Å². The molecule has 1 heterocycles. The molecule has 12 heavy (non-hydrogen) atoms. The number of nitrogens with one attached hydrogen (secondary N) is 1. The summed E-state index contributed by atoms with van der Waals surface area (Å²) in [5.41, 5.74) is 0.740. The molecule has 1 N–H and O–H groups in total. The maximum atomic E-state index is 10.9. The van der Waals surface area contributed by atoms with Crippen LogP contribution in [-0.4, -0.2) is 27.9 Å². The van der Waals surface area contributed by atoms with Crippen LogP contribution >= 0.6 is 11.8 Å². The average Bonchev–Trinajstić information content (AvgIpc) is 2.53. The summed E-state index contributed by atoms with van der Waals surface area (Å²) in [6.07, 6.45) is 5.11. The molecule has 0 bridgehead atoms. The van der Waals surface area contributed by atoms with Crippen LogP contribution in [0.4, 0.5) is 0 Å². The summed E-state index contributed by atoms with van der Waals surface area (Å²) < 4.78 is 4.88. The third-order valence-electron chi connectivity index (χ3n) is 1.20. The molecule has 5 heteroatoms. The lowest BCUT2D eigenvalue weighted by atomic mass is 10.5. The first-order valence-corrected chi connectivity index (χ1v) is 4.84. The molecule has 0 fully saturated rings. The molecule has 0 aromatic carbocycles. The van der Waals surface area contributed by atoms with Crippen molar-refractivity contribution in [3.05, 3.63) is 18.2 Å². The molecule has 4 nitrogen and oxygen atoms in total. The minimum absolute atomic E-state index is 0.203. The van der Waals surface area contributed by atoms with Crippen LogP contribution in [0.1, 0.15) is 5.69 Å². The maximum absolute atomic E-state index is 10.9. The van der Waals surface area contributed by atoms with Gasteiger partial charge in [0.1, 0.15) is 6.61 Å². The minimum atomic E-state index is -0.203. The molecule has 0 aliphatic carbocycles. The van der Waals surface area contributed by atoms with Gasteiger partial charge < -0.3 is 9.72 Å². The van der Waals surface area contributed by atoms with E-state index in [9.17, 15) is 4.79 Å². The monoisotopic (exact) mass is 186 g/mol. The Balaban J connectivity index is 2.22. The van der Waals surface area contributed by atoms with Gasteiger partial charge in [-0.25, -0.2) is 4.98 Å². The molecular formula is C7H10N2O2S. The minimum Gasteiger partial charge on any atom is -0.458 e. The van der Waals surface area contributed by atoms with Crippen LogP contribution in [0.25, 0.3) is 0 Å². The first-order chi connectivity index (χ1) is 5.83. The SMILES string of the molecule is CSCC(=O)OCc1c[nH]cn1. The van der Waals surface area contributed by atoms with Gasteiger partial charge >= 0.3 is 5.97 Å². The van der Waals surface area contributed by atoms with Crippen molar-refractivity contribution in [3.63, 3.8) is 0 Å². The summed E-state index contributed by atoms with van der Waals surface area (Å²) in [4.78, 5) is 17.5. The molecule has 0 unspecified atom stereocenters. The number of H-pyrrole nitrogens is 1. The Kier molecular flexibility index (Phi) is 3.66. The number of thioether (sulfide) groups is 1. The quantitative estimate of drug-likeness (QED) is 0.707. The molecule has 0 atom stereocenters. The predicted octanol–water partition coefficient (Wildman–Crippen LogP) is 0.816. The van der Waals surface area contributed by atoms with Crippen molar-refractivity contribution in [2.45, 2.75) is 6.61 Å². The molecule has 1 aromatic rings. The zero-order chi connectivity index (χ0) is 8.81. The van der Waals surface area contributed by atoms with Crippen molar-refractivity contribution in [1.82, 2.24) is 9.97 Å². The highest BCUT2D eigenvalue weighted by Gasteiger charge is 2.01. The molecule has 0 spiro atoms. The Hall–Kier alpha value is -0.970. The Morgan fingerprint density at radius 1 is 1.83 bits per heavy atom. The van der Waals surface area contributed by atoms with Crippen LogP contribution in [0.3, 0.4) is 0 Å². The summed E-state index contributed by atoms with van der Waals surface area (Å²) in [6.45, 7) is 0.253. The zero-order valence-corrected chi connectivity index (χ0v) is 7.56. The molecule has 0 aliphatic rings. The maximum Gasteiger partial charge on any atom is 0.316 e. The van der Waals surface area contributed by atoms with Gasteiger partial charge in [-0.15, -0.1) is 0 Å². The number of carbonyl (C=O) groups excluding carboxylic acids is 1. The average molecular weight is 186 g/mol. The second-order valence-electron chi connectivity index (χ2n) is 2.15. The highest BCUT2D eigenvalue weighted by Crippen LogP contribution is 1.98. The molecular weight excluding hydrogens is 176 g/mol. The fourth-order valence-electron chi connectivity index (χ4n) is 0.684. The van der Waals surface area contributed by atoms with E-state index in [0.717, 1.165) is 5.69 Å². The largest absolute Gasteiger partial charge is 0.458 e. The van der Waals surface area contributed by atoms with E-state index in [4.69, 9.17) is 4.74 Å². The number of imidazole rings is 1. The fourth-order valence-corrected chi connectivity index (χ4v) is 1.00. The summed E-state index contributed by atoms with van der Waals surface area (Å²) in [7, 11) is 0. The van der Waals surface area contributed by atoms with Crippen molar-refractivity contribution in [2.24, 2.45) is 0 Å². The number of nitrogens with zero attached hydrogens (tertiary/aromatic N) is 1. The van der Waals surface area contributed by atoms with E-state index in [0.29, 0.717) is 5.75 Å². The number of carbonyl (C=O) groups is 1. The van der Waals surface area contributed by atoms with Crippen LogP contribution < -0.4 is 0 Å². The van der Waals surface area contributed by atoms with Gasteiger partial charge in [0, 0.05) is 6.20 Å². The number of hydrogen-bond acceptors (Lipinski definition) is 4. The lowest BCUT2D eigenvalue weighted by Gasteiger charge is -1.99. The normalized spacial score (nSPS) is 9.75. The Bertz CT molecular complexity index is 236. The van der Waals surface area contributed by atoms with Gasteiger partial charge in [0.2, 0.25) is 0 Å². The van der Waals surface area contributed by atoms with Crippen LogP contribution in [0.5, 0.6) is 0 Å². The van der Waals surface area contributed by atoms with Crippen molar-refractivity contribution in [2.75, 3.05) is 12.0 Å². The van der Waals surface area contributed by atoms with Gasteiger partial charge in [0.25, 0.3) is 0 Å². The third-order valence-corrected chi connectivity index (χ3v) is 1.72. The van der Waals surface area contributed by atoms with Crippen molar-refractivity contribution in [1.29, 1.82) is 0 Å². The van der Waals surface area contributed by atoms with Gasteiger partial charge in [-0.3, -0.25) is 4.79 Å². The summed E-state index contributed by atoms with van der Waals surface area (Å²) >= 11 is 1.44. The van der Waals surface area contributed by atoms with Crippen LogP contribution in [-0.2, 0) is 16.1 Å². The molecule has 0 aliphatic heterocycles. The lowest BCUT2D eigenvalue weighted by molar-refractivity contribution is -0.141. The van der Waals surface area contributed by atoms with Crippen LogP contribution in [0.2, 0.25) is 0 Å². The van der Waals surface area contributed by atoms with Crippen molar-refractivity contribution >= 4 is 17.7 Å². The molecule has 0 amide bonds. The zero-order valence-electron chi connectivity index (χ0n) is 6.74. The van der Waals surface area contributed by atoms with E-state index < -0.39 is 0 Å². The molecule has 0 saturated heterocycles. The molecule has 1 rings (SSSR count). The number of rotatable bonds is 4. The number of aromatic nitrogens is 2. The highest BCUT2D eigenvalue weighted by atomic mass is 32.2. The van der Waals surface area contributed by atoms with E-state index in [1.54, 1.807) is 12.5 Å². The first kappa shape index (κ1) is 9.12. The smallest absolute Gasteiger partial charge is 0.316 e. The van der Waals surface area contributed by atoms with E-state index >= 15 is 0 Å². The van der Waals surface area contributed by atoms with E-state index in [-0.39, 0.29) is 12.6 Å². The van der Waals surface area contributed by atoms with Crippen molar-refractivity contribution < 1.29 is 9.53 Å². The summed E-state index contributed by atoms with van der Waals surface area (Å²) in [5.74, 6) is 0.190. The molecule has 0 saturated carbocycles. The highest BCUT2D eigenvalue weighted by molar-refractivity contribution is 7.99. The number of hydrogen-bond donors (Lipinski definition) is 1. The second-order valence-corrected chi connectivity index (χ2v) is 3.02. The summed E-state index contributed by atoms with van der Waals surface area (Å²) in [5, 5.41) is 0. The molecule has 66 valence electrons. The van der Waals surface area contributed by atoms with E-state index in [2.05, 4.69) is 9.97 Å². The number of esters is 1. The predicted molar refractivity (Wildman–Crippen MR) is 46.8 cm³/mol. The Morgan fingerprint density at radius 2 is 2.67 bits per heavy atom. The number of aromatic amines is 1. The van der Waals surface area contributed by atoms with E-state index in [1.807, 2.05) is 6.26 Å².